The molecule has 0 aromatic carbocycles. The molecule has 0 spiro atoms. The van der Waals surface area contributed by atoms with Crippen LogP contribution in [0.1, 0.15) is 26.7 Å². The molecule has 6 nitrogen and oxygen atoms in total. The van der Waals surface area contributed by atoms with Crippen LogP contribution in [-0.2, 0) is 19.4 Å². The van der Waals surface area contributed by atoms with Crippen molar-refractivity contribution in [1.29, 1.82) is 0 Å². The summed E-state index contributed by atoms with van der Waals surface area (Å²) in [5.41, 5.74) is 0. The summed E-state index contributed by atoms with van der Waals surface area (Å²) in [6.07, 6.45) is 1.59. The number of carbonyl (C=O) groups excluding carboxylic acids is 1. The highest BCUT2D eigenvalue weighted by atomic mass is 32.2. The van der Waals surface area contributed by atoms with E-state index in [1.165, 1.54) is 7.11 Å². The molecule has 0 aliphatic carbocycles. The fraction of sp³-hybridized carbons (Fsp3) is 0.923. The summed E-state index contributed by atoms with van der Waals surface area (Å²) in [5.74, 6) is 0.164. The van der Waals surface area contributed by atoms with Crippen LogP contribution in [-0.4, -0.2) is 69.6 Å². The van der Waals surface area contributed by atoms with E-state index in [0.717, 1.165) is 13.0 Å². The Bertz CT molecular complexity index is 411. The average Bonchev–Trinajstić information content (AvgIpc) is 2.39. The maximum atomic E-state index is 11.7. The van der Waals surface area contributed by atoms with Gasteiger partial charge in [0.25, 0.3) is 0 Å². The van der Waals surface area contributed by atoms with Crippen molar-refractivity contribution in [3.63, 3.8) is 0 Å². The topological polar surface area (TPSA) is 75.7 Å². The summed E-state index contributed by atoms with van der Waals surface area (Å²) < 4.78 is 27.8. The Morgan fingerprint density at radius 2 is 2.20 bits per heavy atom. The third-order valence-corrected chi connectivity index (χ3v) is 5.43. The van der Waals surface area contributed by atoms with Crippen LogP contribution in [0.15, 0.2) is 0 Å². The van der Waals surface area contributed by atoms with Crippen molar-refractivity contribution in [2.75, 3.05) is 38.2 Å². The second-order valence-electron chi connectivity index (χ2n) is 5.32. The fourth-order valence-corrected chi connectivity index (χ4v) is 4.05. The quantitative estimate of drug-likeness (QED) is 0.669. The molecule has 0 aromatic heterocycles. The molecule has 0 aromatic rings. The summed E-state index contributed by atoms with van der Waals surface area (Å²) in [4.78, 5) is 13.8. The summed E-state index contributed by atoms with van der Waals surface area (Å²) in [6, 6.07) is -0.302. The molecule has 20 heavy (non-hydrogen) atoms. The molecule has 118 valence electrons. The molecule has 1 N–H and O–H groups in total. The van der Waals surface area contributed by atoms with E-state index in [9.17, 15) is 13.2 Å². The van der Waals surface area contributed by atoms with Gasteiger partial charge >= 0.3 is 5.97 Å². The lowest BCUT2D eigenvalue weighted by molar-refractivity contribution is -0.143. The van der Waals surface area contributed by atoms with Crippen LogP contribution >= 0.6 is 0 Å². The molecule has 0 radical (unpaired) electrons. The fourth-order valence-electron chi connectivity index (χ4n) is 2.42. The number of ether oxygens (including phenoxy) is 1. The van der Waals surface area contributed by atoms with Crippen molar-refractivity contribution >= 4 is 15.8 Å². The average molecular weight is 306 g/mol. The van der Waals surface area contributed by atoms with Gasteiger partial charge in [0.1, 0.15) is 6.04 Å². The van der Waals surface area contributed by atoms with Crippen LogP contribution < -0.4 is 5.32 Å². The van der Waals surface area contributed by atoms with E-state index in [4.69, 9.17) is 4.74 Å². The van der Waals surface area contributed by atoms with Crippen LogP contribution in [0.2, 0.25) is 0 Å². The number of hydrogen-bond donors (Lipinski definition) is 1. The van der Waals surface area contributed by atoms with Gasteiger partial charge in [0.15, 0.2) is 9.84 Å². The Labute approximate surface area is 121 Å². The molecular formula is C13H26N2O4S. The first kappa shape index (κ1) is 17.4. The summed E-state index contributed by atoms with van der Waals surface area (Å²) >= 11 is 0. The van der Waals surface area contributed by atoms with Crippen LogP contribution in [0.25, 0.3) is 0 Å². The monoisotopic (exact) mass is 306 g/mol. The standard InChI is InChI=1S/C13H26N2O4S/c1-4-6-14-12(13(16)19-3)5-7-15-8-9-20(17,18)10-11(15)2/h11-12,14H,4-10H2,1-3H3. The molecule has 1 aliphatic heterocycles. The molecule has 1 aliphatic rings. The van der Waals surface area contributed by atoms with Gasteiger partial charge in [0.2, 0.25) is 0 Å². The van der Waals surface area contributed by atoms with Gasteiger partial charge in [0.05, 0.1) is 18.6 Å². The minimum atomic E-state index is -2.89. The number of rotatable bonds is 7. The Balaban J connectivity index is 2.48. The minimum Gasteiger partial charge on any atom is -0.468 e. The lowest BCUT2D eigenvalue weighted by Gasteiger charge is -2.33. The smallest absolute Gasteiger partial charge is 0.322 e. The number of nitrogens with zero attached hydrogens (tertiary/aromatic N) is 1. The van der Waals surface area contributed by atoms with Crippen molar-refractivity contribution in [3.05, 3.63) is 0 Å². The number of esters is 1. The zero-order chi connectivity index (χ0) is 15.2. The highest BCUT2D eigenvalue weighted by Crippen LogP contribution is 2.12. The first-order valence-corrected chi connectivity index (χ1v) is 8.97. The van der Waals surface area contributed by atoms with Crippen molar-refractivity contribution in [3.8, 4) is 0 Å². The van der Waals surface area contributed by atoms with Gasteiger partial charge in [0, 0.05) is 19.1 Å². The number of sulfone groups is 1. The van der Waals surface area contributed by atoms with E-state index in [1.807, 2.05) is 13.8 Å². The molecule has 7 heteroatoms. The first-order chi connectivity index (χ1) is 9.39. The van der Waals surface area contributed by atoms with E-state index < -0.39 is 9.84 Å². The molecule has 1 saturated heterocycles. The number of carbonyl (C=O) groups is 1. The maximum Gasteiger partial charge on any atom is 0.322 e. The molecule has 0 saturated carbocycles. The maximum absolute atomic E-state index is 11.7. The number of nitrogens with one attached hydrogen (secondary N) is 1. The zero-order valence-electron chi connectivity index (χ0n) is 12.6. The normalized spacial score (nSPS) is 24.2. The molecular weight excluding hydrogens is 280 g/mol. The van der Waals surface area contributed by atoms with E-state index >= 15 is 0 Å². The molecule has 1 rings (SSSR count). The first-order valence-electron chi connectivity index (χ1n) is 7.15. The zero-order valence-corrected chi connectivity index (χ0v) is 13.4. The Morgan fingerprint density at radius 1 is 1.50 bits per heavy atom. The van der Waals surface area contributed by atoms with Gasteiger partial charge in [-0.05, 0) is 26.3 Å². The van der Waals surface area contributed by atoms with Crippen molar-refractivity contribution in [1.82, 2.24) is 10.2 Å². The SMILES string of the molecule is CCCNC(CCN1CCS(=O)(=O)CC1C)C(=O)OC. The van der Waals surface area contributed by atoms with Crippen LogP contribution in [0.3, 0.4) is 0 Å². The molecule has 0 bridgehead atoms. The van der Waals surface area contributed by atoms with Gasteiger partial charge in [-0.2, -0.15) is 0 Å². The van der Waals surface area contributed by atoms with Gasteiger partial charge in [-0.3, -0.25) is 9.69 Å². The van der Waals surface area contributed by atoms with Crippen LogP contribution in [0.4, 0.5) is 0 Å². The molecule has 2 unspecified atom stereocenters. The molecule has 1 fully saturated rings. The summed E-state index contributed by atoms with van der Waals surface area (Å²) in [7, 11) is -1.50. The van der Waals surface area contributed by atoms with Crippen LogP contribution in [0, 0.1) is 0 Å². The van der Waals surface area contributed by atoms with Crippen LogP contribution in [0.5, 0.6) is 0 Å². The summed E-state index contributed by atoms with van der Waals surface area (Å²) in [5, 5.41) is 3.17. The molecule has 0 amide bonds. The van der Waals surface area contributed by atoms with E-state index in [-0.39, 0.29) is 29.6 Å². The van der Waals surface area contributed by atoms with Gasteiger partial charge in [-0.15, -0.1) is 0 Å². The second-order valence-corrected chi connectivity index (χ2v) is 7.55. The number of methoxy groups -OCH3 is 1. The minimum absolute atomic E-state index is 0.0122. The second kappa shape index (κ2) is 7.95. The van der Waals surface area contributed by atoms with Crippen molar-refractivity contribution in [2.45, 2.75) is 38.8 Å². The van der Waals surface area contributed by atoms with Gasteiger partial charge < -0.3 is 10.1 Å². The lowest BCUT2D eigenvalue weighted by atomic mass is 10.1. The largest absolute Gasteiger partial charge is 0.468 e. The van der Waals surface area contributed by atoms with Gasteiger partial charge in [-0.1, -0.05) is 6.92 Å². The van der Waals surface area contributed by atoms with E-state index in [1.54, 1.807) is 0 Å². The highest BCUT2D eigenvalue weighted by Gasteiger charge is 2.29. The van der Waals surface area contributed by atoms with E-state index in [2.05, 4.69) is 10.2 Å². The third kappa shape index (κ3) is 5.38. The van der Waals surface area contributed by atoms with Crippen molar-refractivity contribution in [2.24, 2.45) is 0 Å². The Morgan fingerprint density at radius 3 is 2.75 bits per heavy atom. The Hall–Kier alpha value is -0.660. The van der Waals surface area contributed by atoms with E-state index in [0.29, 0.717) is 19.5 Å². The third-order valence-electron chi connectivity index (χ3n) is 3.64. The van der Waals surface area contributed by atoms with Crippen molar-refractivity contribution < 1.29 is 17.9 Å². The molecule has 2 atom stereocenters. The number of hydrogen-bond acceptors (Lipinski definition) is 6. The summed E-state index contributed by atoms with van der Waals surface area (Å²) in [6.45, 7) is 5.98. The Kier molecular flexibility index (Phi) is 6.91. The lowest BCUT2D eigenvalue weighted by Crippen LogP contribution is -2.49. The molecule has 1 heterocycles. The highest BCUT2D eigenvalue weighted by molar-refractivity contribution is 7.91. The predicted octanol–water partition coefficient (Wildman–Crippen LogP) is 0.0366. The predicted molar refractivity (Wildman–Crippen MR) is 78.4 cm³/mol. The van der Waals surface area contributed by atoms with Gasteiger partial charge in [-0.25, -0.2) is 8.42 Å².